The Hall–Kier alpha value is -2.56. The maximum Gasteiger partial charge on any atom is 0.331 e. The maximum atomic E-state index is 12.3. The van der Waals surface area contributed by atoms with Crippen LogP contribution in [0.4, 0.5) is 5.69 Å². The normalized spacial score (nSPS) is 24.1. The smallest absolute Gasteiger partial charge is 0.331 e. The van der Waals surface area contributed by atoms with Crippen LogP contribution in [0.5, 0.6) is 0 Å². The largest absolute Gasteiger partial charge is 0.481 e. The van der Waals surface area contributed by atoms with E-state index in [0.29, 0.717) is 12.8 Å². The van der Waals surface area contributed by atoms with Crippen molar-refractivity contribution in [2.75, 3.05) is 4.90 Å². The summed E-state index contributed by atoms with van der Waals surface area (Å²) in [6.45, 7) is 8.63. The third kappa shape index (κ3) is 2.44. The Morgan fingerprint density at radius 1 is 1.22 bits per heavy atom. The summed E-state index contributed by atoms with van der Waals surface area (Å²) in [5.74, 6) is -1.15. The van der Waals surface area contributed by atoms with Crippen molar-refractivity contribution in [3.05, 3.63) is 52.7 Å². The molecule has 142 valence electrons. The highest BCUT2D eigenvalue weighted by Gasteiger charge is 2.58. The zero-order chi connectivity index (χ0) is 19.6. The molecule has 1 unspecified atom stereocenters. The summed E-state index contributed by atoms with van der Waals surface area (Å²) in [6, 6.07) is 8.38. The van der Waals surface area contributed by atoms with Crippen LogP contribution in [0.1, 0.15) is 52.5 Å². The van der Waals surface area contributed by atoms with Crippen molar-refractivity contribution >= 4 is 17.6 Å². The average Bonchev–Trinajstić information content (AvgIpc) is 2.96. The zero-order valence-corrected chi connectivity index (χ0v) is 16.2. The van der Waals surface area contributed by atoms with Gasteiger partial charge in [0.25, 0.3) is 0 Å². The summed E-state index contributed by atoms with van der Waals surface area (Å²) in [5.41, 5.74) is 4.96. The lowest BCUT2D eigenvalue weighted by Gasteiger charge is -2.38. The van der Waals surface area contributed by atoms with Gasteiger partial charge in [0.2, 0.25) is 0 Å². The van der Waals surface area contributed by atoms with Gasteiger partial charge in [-0.2, -0.15) is 0 Å². The number of carboxylic acids is 1. The van der Waals surface area contributed by atoms with Gasteiger partial charge < -0.3 is 14.7 Å². The highest BCUT2D eigenvalue weighted by atomic mass is 16.5. The number of allylic oxidation sites excluding steroid dienone is 1. The molecule has 3 heterocycles. The molecule has 1 aromatic rings. The average molecular weight is 367 g/mol. The standard InChI is InChI=1S/C22H25NO4/c1-21(2)14-9-5-6-10-15(14)23-19(21)18-13(8-7-11-16(24)25)12-17(26)27-20(18)22(23,3)4/h5-6,9-10,12,20H,7-8,11H2,1-4H3,(H,24,25). The number of carbonyl (C=O) groups excluding carboxylic acids is 1. The van der Waals surface area contributed by atoms with Crippen molar-refractivity contribution in [3.63, 3.8) is 0 Å². The first-order chi connectivity index (χ1) is 12.7. The SMILES string of the molecule is CC1(C)C2=C3C(CCCC(=O)O)=CC(=O)OC3C(C)(C)N2c2ccccc21. The third-order valence-electron chi connectivity index (χ3n) is 6.08. The number of esters is 1. The molecule has 0 amide bonds. The fraction of sp³-hybridized carbons (Fsp3) is 0.455. The molecule has 5 nitrogen and oxygen atoms in total. The molecular formula is C22H25NO4. The van der Waals surface area contributed by atoms with Gasteiger partial charge in [0, 0.05) is 34.9 Å². The van der Waals surface area contributed by atoms with E-state index < -0.39 is 11.5 Å². The van der Waals surface area contributed by atoms with E-state index in [0.717, 1.165) is 16.8 Å². The molecular weight excluding hydrogens is 342 g/mol. The van der Waals surface area contributed by atoms with Gasteiger partial charge in [-0.3, -0.25) is 4.79 Å². The minimum atomic E-state index is -0.815. The first kappa shape index (κ1) is 17.8. The summed E-state index contributed by atoms with van der Waals surface area (Å²) in [6.07, 6.45) is 2.37. The molecule has 1 N–H and O–H groups in total. The van der Waals surface area contributed by atoms with E-state index in [1.807, 2.05) is 6.07 Å². The van der Waals surface area contributed by atoms with E-state index in [-0.39, 0.29) is 23.9 Å². The molecule has 0 bridgehead atoms. The van der Waals surface area contributed by atoms with Gasteiger partial charge in [-0.1, -0.05) is 32.0 Å². The number of hydrogen-bond donors (Lipinski definition) is 1. The summed E-state index contributed by atoms with van der Waals surface area (Å²) in [5, 5.41) is 8.99. The topological polar surface area (TPSA) is 66.8 Å². The van der Waals surface area contributed by atoms with Gasteiger partial charge in [-0.05, 0) is 43.9 Å². The van der Waals surface area contributed by atoms with E-state index in [2.05, 4.69) is 50.8 Å². The van der Waals surface area contributed by atoms with Crippen LogP contribution in [0, 0.1) is 0 Å². The Labute approximate surface area is 159 Å². The fourth-order valence-electron chi connectivity index (χ4n) is 4.91. The van der Waals surface area contributed by atoms with Crippen LogP contribution in [0.3, 0.4) is 0 Å². The van der Waals surface area contributed by atoms with Crippen molar-refractivity contribution in [1.29, 1.82) is 0 Å². The van der Waals surface area contributed by atoms with Crippen molar-refractivity contribution < 1.29 is 19.4 Å². The molecule has 27 heavy (non-hydrogen) atoms. The molecule has 0 saturated carbocycles. The number of carbonyl (C=O) groups is 2. The van der Waals surface area contributed by atoms with Crippen molar-refractivity contribution in [2.45, 2.75) is 64.0 Å². The molecule has 4 rings (SSSR count). The van der Waals surface area contributed by atoms with E-state index in [1.165, 1.54) is 11.3 Å². The summed E-state index contributed by atoms with van der Waals surface area (Å²) >= 11 is 0. The van der Waals surface area contributed by atoms with Crippen LogP contribution in [0.15, 0.2) is 47.2 Å². The highest BCUT2D eigenvalue weighted by molar-refractivity contribution is 5.89. The fourth-order valence-corrected chi connectivity index (χ4v) is 4.91. The van der Waals surface area contributed by atoms with Gasteiger partial charge >= 0.3 is 11.9 Å². The predicted octanol–water partition coefficient (Wildman–Crippen LogP) is 3.94. The summed E-state index contributed by atoms with van der Waals surface area (Å²) < 4.78 is 5.80. The predicted molar refractivity (Wildman–Crippen MR) is 103 cm³/mol. The third-order valence-corrected chi connectivity index (χ3v) is 6.08. The maximum absolute atomic E-state index is 12.3. The summed E-state index contributed by atoms with van der Waals surface area (Å²) in [4.78, 5) is 25.5. The van der Waals surface area contributed by atoms with Gasteiger partial charge in [-0.15, -0.1) is 0 Å². The number of hydrogen-bond acceptors (Lipinski definition) is 4. The second-order valence-electron chi connectivity index (χ2n) is 8.63. The first-order valence-corrected chi connectivity index (χ1v) is 9.43. The van der Waals surface area contributed by atoms with Crippen LogP contribution >= 0.6 is 0 Å². The molecule has 0 fully saturated rings. The lowest BCUT2D eigenvalue weighted by molar-refractivity contribution is -0.144. The number of rotatable bonds is 4. The van der Waals surface area contributed by atoms with Crippen LogP contribution in [-0.4, -0.2) is 28.7 Å². The minimum Gasteiger partial charge on any atom is -0.481 e. The number of benzene rings is 1. The highest BCUT2D eigenvalue weighted by Crippen LogP contribution is 2.59. The molecule has 5 heteroatoms. The lowest BCUT2D eigenvalue weighted by Crippen LogP contribution is -2.49. The van der Waals surface area contributed by atoms with Gasteiger partial charge in [0.05, 0.1) is 5.54 Å². The molecule has 3 aliphatic rings. The number of aliphatic carboxylic acids is 1. The number of nitrogens with zero attached hydrogens (tertiary/aromatic N) is 1. The van der Waals surface area contributed by atoms with Gasteiger partial charge in [0.15, 0.2) is 6.10 Å². The molecule has 0 aromatic heterocycles. The van der Waals surface area contributed by atoms with E-state index in [1.54, 1.807) is 6.08 Å². The molecule has 1 atom stereocenters. The number of ether oxygens (including phenoxy) is 1. The monoisotopic (exact) mass is 367 g/mol. The van der Waals surface area contributed by atoms with Crippen LogP contribution in [-0.2, 0) is 19.7 Å². The zero-order valence-electron chi connectivity index (χ0n) is 16.2. The van der Waals surface area contributed by atoms with Crippen molar-refractivity contribution in [1.82, 2.24) is 0 Å². The molecule has 3 aliphatic heterocycles. The first-order valence-electron chi connectivity index (χ1n) is 9.43. The molecule has 0 spiro atoms. The number of carboxylic acid groups (broad SMARTS) is 1. The van der Waals surface area contributed by atoms with E-state index >= 15 is 0 Å². The van der Waals surface area contributed by atoms with Crippen molar-refractivity contribution in [2.24, 2.45) is 0 Å². The number of fused-ring (bicyclic) bond motifs is 4. The van der Waals surface area contributed by atoms with Crippen LogP contribution in [0.2, 0.25) is 0 Å². The molecule has 0 aliphatic carbocycles. The Bertz CT molecular complexity index is 907. The van der Waals surface area contributed by atoms with Gasteiger partial charge in [-0.25, -0.2) is 4.79 Å². The minimum absolute atomic E-state index is 0.0936. The quantitative estimate of drug-likeness (QED) is 0.817. The van der Waals surface area contributed by atoms with Crippen LogP contribution < -0.4 is 4.90 Å². The Morgan fingerprint density at radius 3 is 2.63 bits per heavy atom. The van der Waals surface area contributed by atoms with Crippen molar-refractivity contribution in [3.8, 4) is 0 Å². The molecule has 1 aromatic carbocycles. The lowest BCUT2D eigenvalue weighted by atomic mass is 9.78. The Kier molecular flexibility index (Phi) is 3.78. The second kappa shape index (κ2) is 5.72. The summed E-state index contributed by atoms with van der Waals surface area (Å²) in [7, 11) is 0. The number of anilines is 1. The van der Waals surface area contributed by atoms with Gasteiger partial charge in [0.1, 0.15) is 0 Å². The Balaban J connectivity index is 1.87. The Morgan fingerprint density at radius 2 is 1.93 bits per heavy atom. The van der Waals surface area contributed by atoms with E-state index in [4.69, 9.17) is 9.84 Å². The molecule has 0 saturated heterocycles. The second-order valence-corrected chi connectivity index (χ2v) is 8.63. The molecule has 0 radical (unpaired) electrons. The van der Waals surface area contributed by atoms with E-state index in [9.17, 15) is 9.59 Å². The number of para-hydroxylation sites is 1. The van der Waals surface area contributed by atoms with Crippen LogP contribution in [0.25, 0.3) is 0 Å².